The molecule has 0 saturated carbocycles. The molecule has 22 heavy (non-hydrogen) atoms. The summed E-state index contributed by atoms with van der Waals surface area (Å²) in [4.78, 5) is 16.9. The van der Waals surface area contributed by atoms with Gasteiger partial charge in [0.1, 0.15) is 7.11 Å². The van der Waals surface area contributed by atoms with Gasteiger partial charge in [0.2, 0.25) is 0 Å². The van der Waals surface area contributed by atoms with Crippen LogP contribution in [0.25, 0.3) is 0 Å². The highest BCUT2D eigenvalue weighted by Crippen LogP contribution is 2.19. The highest BCUT2D eigenvalue weighted by atomic mass is 16.6. The second-order valence-electron chi connectivity index (χ2n) is 5.27. The summed E-state index contributed by atoms with van der Waals surface area (Å²) in [6.45, 7) is 4.25. The monoisotopic (exact) mass is 296 g/mol. The first-order valence-corrected chi connectivity index (χ1v) is 7.18. The highest BCUT2D eigenvalue weighted by molar-refractivity contribution is 6.04. The lowest BCUT2D eigenvalue weighted by atomic mass is 10.0. The van der Waals surface area contributed by atoms with Crippen LogP contribution in [0.3, 0.4) is 0 Å². The van der Waals surface area contributed by atoms with Crippen LogP contribution in [-0.4, -0.2) is 19.2 Å². The third kappa shape index (κ3) is 4.19. The molecular formula is C18H20N2O2. The topological polar surface area (TPSA) is 50.7 Å². The Kier molecular flexibility index (Phi) is 5.31. The third-order valence-electron chi connectivity index (χ3n) is 3.29. The Balaban J connectivity index is 2.08. The largest absolute Gasteiger partial charge is 0.399 e. The maximum Gasteiger partial charge on any atom is 0.255 e. The van der Waals surface area contributed by atoms with E-state index in [0.717, 1.165) is 11.3 Å². The summed E-state index contributed by atoms with van der Waals surface area (Å²) < 4.78 is 0. The smallest absolute Gasteiger partial charge is 0.255 e. The Bertz CT molecular complexity index is 661. The molecule has 0 spiro atoms. The average molecular weight is 296 g/mol. The Morgan fingerprint density at radius 2 is 1.91 bits per heavy atom. The van der Waals surface area contributed by atoms with Gasteiger partial charge in [-0.05, 0) is 41.3 Å². The predicted molar refractivity (Wildman–Crippen MR) is 89.5 cm³/mol. The Hall–Kier alpha value is -2.62. The molecule has 0 unspecified atom stereocenters. The molecule has 0 aliphatic carbocycles. The molecule has 4 heteroatoms. The summed E-state index contributed by atoms with van der Waals surface area (Å²) in [6, 6.07) is 15.1. The van der Waals surface area contributed by atoms with Crippen LogP contribution in [0.1, 0.15) is 41.3 Å². The fourth-order valence-corrected chi connectivity index (χ4v) is 2.01. The van der Waals surface area contributed by atoms with Crippen molar-refractivity contribution in [3.63, 3.8) is 0 Å². The summed E-state index contributed by atoms with van der Waals surface area (Å²) >= 11 is 0. The van der Waals surface area contributed by atoms with Crippen molar-refractivity contribution >= 4 is 17.8 Å². The van der Waals surface area contributed by atoms with Crippen molar-refractivity contribution in [3.8, 4) is 0 Å². The summed E-state index contributed by atoms with van der Waals surface area (Å²) in [5, 5.41) is 6.60. The van der Waals surface area contributed by atoms with Gasteiger partial charge < -0.3 is 10.2 Å². The van der Waals surface area contributed by atoms with E-state index in [9.17, 15) is 4.79 Å². The quantitative estimate of drug-likeness (QED) is 0.668. The number of oxime groups is 1. The number of carbonyl (C=O) groups is 1. The maximum absolute atomic E-state index is 12.3. The zero-order valence-corrected chi connectivity index (χ0v) is 13.0. The van der Waals surface area contributed by atoms with Crippen LogP contribution in [0.2, 0.25) is 0 Å². The molecule has 0 bridgehead atoms. The van der Waals surface area contributed by atoms with E-state index in [-0.39, 0.29) is 5.91 Å². The normalized spacial score (nSPS) is 10.9. The summed E-state index contributed by atoms with van der Waals surface area (Å²) in [6.07, 6.45) is 1.59. The lowest BCUT2D eigenvalue weighted by Gasteiger charge is -2.09. The maximum atomic E-state index is 12.3. The molecule has 0 heterocycles. The average Bonchev–Trinajstić information content (AvgIpc) is 2.53. The zero-order valence-electron chi connectivity index (χ0n) is 13.0. The molecule has 2 aromatic carbocycles. The standard InChI is InChI=1S/C18H20N2O2/c1-13(2)16-5-4-6-17(11-16)20-18(21)15-9-7-14(8-10-15)12-19-22-3/h4-13H,1-3H3,(H,20,21)/b19-12+. The van der Waals surface area contributed by atoms with Gasteiger partial charge in [0, 0.05) is 11.3 Å². The molecule has 1 N–H and O–H groups in total. The number of rotatable bonds is 5. The van der Waals surface area contributed by atoms with Crippen molar-refractivity contribution in [1.29, 1.82) is 0 Å². The molecule has 1 amide bonds. The molecule has 0 aliphatic rings. The first-order chi connectivity index (χ1) is 10.6. The molecular weight excluding hydrogens is 276 g/mol. The number of carbonyl (C=O) groups excluding carboxylic acids is 1. The summed E-state index contributed by atoms with van der Waals surface area (Å²) in [5.41, 5.74) is 3.48. The lowest BCUT2D eigenvalue weighted by molar-refractivity contribution is 0.102. The van der Waals surface area contributed by atoms with Gasteiger partial charge in [0.15, 0.2) is 0 Å². The third-order valence-corrected chi connectivity index (χ3v) is 3.29. The minimum atomic E-state index is -0.129. The van der Waals surface area contributed by atoms with Crippen LogP contribution in [0.15, 0.2) is 53.7 Å². The number of nitrogens with zero attached hydrogens (tertiary/aromatic N) is 1. The predicted octanol–water partition coefficient (Wildman–Crippen LogP) is 4.04. The molecule has 0 atom stereocenters. The first-order valence-electron chi connectivity index (χ1n) is 7.18. The van der Waals surface area contributed by atoms with Crippen molar-refractivity contribution in [2.24, 2.45) is 5.16 Å². The van der Waals surface area contributed by atoms with E-state index in [1.807, 2.05) is 30.3 Å². The zero-order chi connectivity index (χ0) is 15.9. The van der Waals surface area contributed by atoms with Crippen LogP contribution in [0.4, 0.5) is 5.69 Å². The van der Waals surface area contributed by atoms with Gasteiger partial charge in [-0.3, -0.25) is 4.79 Å². The molecule has 0 radical (unpaired) electrons. The fraction of sp³-hybridized carbons (Fsp3) is 0.222. The van der Waals surface area contributed by atoms with Crippen molar-refractivity contribution in [2.45, 2.75) is 19.8 Å². The number of anilines is 1. The van der Waals surface area contributed by atoms with E-state index in [0.29, 0.717) is 11.5 Å². The van der Waals surface area contributed by atoms with Gasteiger partial charge in [-0.2, -0.15) is 0 Å². The van der Waals surface area contributed by atoms with E-state index in [1.54, 1.807) is 18.3 Å². The SMILES string of the molecule is CO/N=C/c1ccc(C(=O)Nc2cccc(C(C)C)c2)cc1. The number of amides is 1. The van der Waals surface area contributed by atoms with Crippen molar-refractivity contribution < 1.29 is 9.63 Å². The van der Waals surface area contributed by atoms with Crippen LogP contribution in [0.5, 0.6) is 0 Å². The molecule has 114 valence electrons. The number of hydrogen-bond acceptors (Lipinski definition) is 3. The Labute approximate surface area is 130 Å². The van der Waals surface area contributed by atoms with E-state index >= 15 is 0 Å². The molecule has 2 aromatic rings. The second-order valence-corrected chi connectivity index (χ2v) is 5.27. The van der Waals surface area contributed by atoms with Crippen LogP contribution in [-0.2, 0) is 4.84 Å². The van der Waals surface area contributed by atoms with Crippen molar-refractivity contribution in [3.05, 3.63) is 65.2 Å². The number of nitrogens with one attached hydrogen (secondary N) is 1. The van der Waals surface area contributed by atoms with Crippen LogP contribution < -0.4 is 5.32 Å². The van der Waals surface area contributed by atoms with Gasteiger partial charge in [0.25, 0.3) is 5.91 Å². The highest BCUT2D eigenvalue weighted by Gasteiger charge is 2.07. The van der Waals surface area contributed by atoms with Gasteiger partial charge in [0.05, 0.1) is 6.21 Å². The first kappa shape index (κ1) is 15.8. The molecule has 0 aromatic heterocycles. The Morgan fingerprint density at radius 3 is 2.55 bits per heavy atom. The van der Waals surface area contributed by atoms with E-state index in [4.69, 9.17) is 0 Å². The molecule has 0 saturated heterocycles. The summed E-state index contributed by atoms with van der Waals surface area (Å²) in [7, 11) is 1.49. The molecule has 2 rings (SSSR count). The van der Waals surface area contributed by atoms with Gasteiger partial charge in [-0.25, -0.2) is 0 Å². The van der Waals surface area contributed by atoms with Crippen molar-refractivity contribution in [1.82, 2.24) is 0 Å². The molecule has 4 nitrogen and oxygen atoms in total. The van der Waals surface area contributed by atoms with Crippen LogP contribution >= 0.6 is 0 Å². The lowest BCUT2D eigenvalue weighted by Crippen LogP contribution is -2.12. The Morgan fingerprint density at radius 1 is 1.18 bits per heavy atom. The van der Waals surface area contributed by atoms with E-state index in [2.05, 4.69) is 35.2 Å². The molecule has 0 fully saturated rings. The second kappa shape index (κ2) is 7.41. The van der Waals surface area contributed by atoms with E-state index < -0.39 is 0 Å². The number of hydrogen-bond donors (Lipinski definition) is 1. The molecule has 0 aliphatic heterocycles. The van der Waals surface area contributed by atoms with E-state index in [1.165, 1.54) is 12.7 Å². The van der Waals surface area contributed by atoms with Crippen LogP contribution in [0, 0.1) is 0 Å². The van der Waals surface area contributed by atoms with Gasteiger partial charge in [-0.1, -0.05) is 43.3 Å². The van der Waals surface area contributed by atoms with Gasteiger partial charge in [-0.15, -0.1) is 0 Å². The summed E-state index contributed by atoms with van der Waals surface area (Å²) in [5.74, 6) is 0.298. The minimum Gasteiger partial charge on any atom is -0.399 e. The fourth-order valence-electron chi connectivity index (χ4n) is 2.01. The van der Waals surface area contributed by atoms with Gasteiger partial charge >= 0.3 is 0 Å². The van der Waals surface area contributed by atoms with Crippen molar-refractivity contribution in [2.75, 3.05) is 12.4 Å². The number of benzene rings is 2. The minimum absolute atomic E-state index is 0.129.